The van der Waals surface area contributed by atoms with Gasteiger partial charge in [-0.1, -0.05) is 30.3 Å². The summed E-state index contributed by atoms with van der Waals surface area (Å²) in [7, 11) is 0. The zero-order valence-electron chi connectivity index (χ0n) is 12.2. The first-order chi connectivity index (χ1) is 11.5. The molecule has 122 valence electrons. The van der Waals surface area contributed by atoms with Crippen LogP contribution in [0.25, 0.3) is 22.2 Å². The van der Waals surface area contributed by atoms with E-state index in [-0.39, 0.29) is 22.3 Å². The smallest absolute Gasteiger partial charge is 0.286 e. The summed E-state index contributed by atoms with van der Waals surface area (Å²) in [6, 6.07) is 12.3. The number of halogens is 2. The highest BCUT2D eigenvalue weighted by atomic mass is 19.3. The first-order valence-corrected chi connectivity index (χ1v) is 7.00. The van der Waals surface area contributed by atoms with E-state index in [1.165, 1.54) is 18.2 Å². The van der Waals surface area contributed by atoms with Crippen molar-refractivity contribution in [1.29, 1.82) is 0 Å². The van der Waals surface area contributed by atoms with Crippen LogP contribution >= 0.6 is 0 Å². The van der Waals surface area contributed by atoms with Crippen molar-refractivity contribution in [2.45, 2.75) is 13.0 Å². The first-order valence-electron chi connectivity index (χ1n) is 7.00. The van der Waals surface area contributed by atoms with Crippen LogP contribution in [0.2, 0.25) is 0 Å². The minimum atomic E-state index is -2.74. The summed E-state index contributed by atoms with van der Waals surface area (Å²) in [5.41, 5.74) is -0.0481. The van der Waals surface area contributed by atoms with Gasteiger partial charge in [-0.2, -0.15) is 4.98 Å². The molecule has 1 heterocycles. The molecule has 0 aliphatic rings. The molecule has 0 amide bonds. The zero-order valence-corrected chi connectivity index (χ0v) is 12.2. The second kappa shape index (κ2) is 6.15. The van der Waals surface area contributed by atoms with Gasteiger partial charge in [0.2, 0.25) is 0 Å². The third-order valence-corrected chi connectivity index (χ3v) is 3.54. The Labute approximate surface area is 134 Å². The Kier molecular flexibility index (Phi) is 4.03. The number of benzene rings is 2. The van der Waals surface area contributed by atoms with Crippen LogP contribution in [0.15, 0.2) is 53.3 Å². The fourth-order valence-corrected chi connectivity index (χ4v) is 2.51. The van der Waals surface area contributed by atoms with Gasteiger partial charge in [-0.25, -0.2) is 13.6 Å². The van der Waals surface area contributed by atoms with Gasteiger partial charge in [0.25, 0.3) is 12.1 Å². The van der Waals surface area contributed by atoms with Crippen LogP contribution < -0.4 is 5.69 Å². The van der Waals surface area contributed by atoms with Crippen LogP contribution in [-0.2, 0) is 6.54 Å². The van der Waals surface area contributed by atoms with Crippen molar-refractivity contribution in [3.05, 3.63) is 69.1 Å². The molecule has 0 aliphatic carbocycles. The van der Waals surface area contributed by atoms with Crippen molar-refractivity contribution in [3.8, 4) is 11.3 Å². The van der Waals surface area contributed by atoms with Gasteiger partial charge < -0.3 is 0 Å². The molecule has 3 rings (SSSR count). The fraction of sp³-hybridized carbons (Fsp3) is 0.125. The van der Waals surface area contributed by atoms with E-state index in [0.717, 1.165) is 4.57 Å². The summed E-state index contributed by atoms with van der Waals surface area (Å²) >= 11 is 0. The maximum Gasteiger partial charge on any atom is 0.348 e. The summed E-state index contributed by atoms with van der Waals surface area (Å²) in [4.78, 5) is 26.5. The monoisotopic (exact) mass is 331 g/mol. The summed E-state index contributed by atoms with van der Waals surface area (Å²) < 4.78 is 26.4. The van der Waals surface area contributed by atoms with Crippen LogP contribution in [0.5, 0.6) is 0 Å². The molecule has 2 aromatic carbocycles. The average Bonchev–Trinajstić information content (AvgIpc) is 2.57. The second-order valence-corrected chi connectivity index (χ2v) is 5.07. The molecule has 1 aromatic heterocycles. The molecule has 0 aliphatic heterocycles. The minimum absolute atomic E-state index is 0.180. The van der Waals surface area contributed by atoms with Crippen molar-refractivity contribution in [1.82, 2.24) is 9.55 Å². The fourth-order valence-electron chi connectivity index (χ4n) is 2.51. The molecule has 0 atom stereocenters. The lowest BCUT2D eigenvalue weighted by molar-refractivity contribution is -0.384. The number of alkyl halides is 2. The number of nitro benzene ring substituents is 1. The number of non-ortho nitro benzene ring substituents is 1. The lowest BCUT2D eigenvalue weighted by Crippen LogP contribution is -2.26. The maximum atomic E-state index is 12.8. The Bertz CT molecular complexity index is 971. The quantitative estimate of drug-likeness (QED) is 0.543. The predicted molar refractivity (Wildman–Crippen MR) is 84.1 cm³/mol. The summed E-state index contributed by atoms with van der Waals surface area (Å²) in [6.45, 7) is -0.824. The Hall–Kier alpha value is -3.16. The van der Waals surface area contributed by atoms with E-state index in [1.807, 2.05) is 0 Å². The average molecular weight is 331 g/mol. The Morgan fingerprint density at radius 3 is 2.50 bits per heavy atom. The summed E-state index contributed by atoms with van der Waals surface area (Å²) in [6.07, 6.45) is -2.74. The SMILES string of the molecule is O=c1nc(-c2ccccc2)c2cc([N+](=O)[O-])ccc2n1CC(F)F. The highest BCUT2D eigenvalue weighted by molar-refractivity contribution is 5.93. The van der Waals surface area contributed by atoms with Crippen LogP contribution in [0.1, 0.15) is 0 Å². The number of aromatic nitrogens is 2. The molecule has 6 nitrogen and oxygen atoms in total. The Morgan fingerprint density at radius 2 is 1.88 bits per heavy atom. The second-order valence-electron chi connectivity index (χ2n) is 5.07. The van der Waals surface area contributed by atoms with E-state index < -0.39 is 23.6 Å². The van der Waals surface area contributed by atoms with Crippen molar-refractivity contribution >= 4 is 16.6 Å². The predicted octanol–water partition coefficient (Wildman–Crippen LogP) is 3.24. The third-order valence-electron chi connectivity index (χ3n) is 3.54. The standard InChI is InChI=1S/C16H11F2N3O3/c17-14(18)9-20-13-7-6-11(21(23)24)8-12(13)15(19-16(20)22)10-4-2-1-3-5-10/h1-8,14H,9H2. The molecular weight excluding hydrogens is 320 g/mol. The maximum absolute atomic E-state index is 12.8. The normalized spacial score (nSPS) is 11.1. The van der Waals surface area contributed by atoms with Crippen molar-refractivity contribution < 1.29 is 13.7 Å². The highest BCUT2D eigenvalue weighted by Gasteiger charge is 2.17. The van der Waals surface area contributed by atoms with Gasteiger partial charge in [-0.05, 0) is 6.07 Å². The van der Waals surface area contributed by atoms with Crippen LogP contribution in [-0.4, -0.2) is 20.9 Å². The lowest BCUT2D eigenvalue weighted by Gasteiger charge is -2.12. The molecule has 3 aromatic rings. The number of hydrogen-bond acceptors (Lipinski definition) is 4. The van der Waals surface area contributed by atoms with E-state index in [0.29, 0.717) is 5.56 Å². The first kappa shape index (κ1) is 15.7. The van der Waals surface area contributed by atoms with Gasteiger partial charge in [-0.3, -0.25) is 14.7 Å². The van der Waals surface area contributed by atoms with E-state index in [1.54, 1.807) is 30.3 Å². The van der Waals surface area contributed by atoms with Gasteiger partial charge in [0, 0.05) is 23.1 Å². The van der Waals surface area contributed by atoms with Crippen LogP contribution in [0.4, 0.5) is 14.5 Å². The van der Waals surface area contributed by atoms with Gasteiger partial charge in [0.1, 0.15) is 0 Å². The molecule has 0 spiro atoms. The molecule has 0 fully saturated rings. The Morgan fingerprint density at radius 1 is 1.17 bits per heavy atom. The molecule has 0 unspecified atom stereocenters. The van der Waals surface area contributed by atoms with E-state index in [9.17, 15) is 23.7 Å². The van der Waals surface area contributed by atoms with Crippen molar-refractivity contribution in [3.63, 3.8) is 0 Å². The molecule has 24 heavy (non-hydrogen) atoms. The number of hydrogen-bond donors (Lipinski definition) is 0. The number of rotatable bonds is 4. The van der Waals surface area contributed by atoms with Crippen LogP contribution in [0, 0.1) is 10.1 Å². The molecule has 0 bridgehead atoms. The summed E-state index contributed by atoms with van der Waals surface area (Å²) in [5.74, 6) is 0. The Balaban J connectivity index is 2.37. The van der Waals surface area contributed by atoms with Gasteiger partial charge in [0.05, 0.1) is 22.7 Å². The topological polar surface area (TPSA) is 78.0 Å². The number of fused-ring (bicyclic) bond motifs is 1. The highest BCUT2D eigenvalue weighted by Crippen LogP contribution is 2.28. The van der Waals surface area contributed by atoms with Gasteiger partial charge in [-0.15, -0.1) is 0 Å². The van der Waals surface area contributed by atoms with E-state index >= 15 is 0 Å². The molecule has 0 saturated carbocycles. The molecule has 8 heteroatoms. The number of nitrogens with zero attached hydrogens (tertiary/aromatic N) is 3. The number of nitro groups is 1. The molecule has 0 N–H and O–H groups in total. The molecule has 0 radical (unpaired) electrons. The van der Waals surface area contributed by atoms with Gasteiger partial charge in [0.15, 0.2) is 0 Å². The van der Waals surface area contributed by atoms with Crippen molar-refractivity contribution in [2.75, 3.05) is 0 Å². The minimum Gasteiger partial charge on any atom is -0.286 e. The summed E-state index contributed by atoms with van der Waals surface area (Å²) in [5, 5.41) is 11.3. The largest absolute Gasteiger partial charge is 0.348 e. The van der Waals surface area contributed by atoms with Gasteiger partial charge >= 0.3 is 5.69 Å². The lowest BCUT2D eigenvalue weighted by atomic mass is 10.1. The van der Waals surface area contributed by atoms with Crippen molar-refractivity contribution in [2.24, 2.45) is 0 Å². The molecular formula is C16H11F2N3O3. The zero-order chi connectivity index (χ0) is 17.3. The third kappa shape index (κ3) is 2.85. The molecule has 0 saturated heterocycles. The van der Waals surface area contributed by atoms with Crippen LogP contribution in [0.3, 0.4) is 0 Å². The van der Waals surface area contributed by atoms with E-state index in [4.69, 9.17) is 0 Å². The van der Waals surface area contributed by atoms with E-state index in [2.05, 4.69) is 4.98 Å².